The Bertz CT molecular complexity index is 424. The molecule has 0 saturated heterocycles. The number of allylic oxidation sites excluding steroid dienone is 1. The molecule has 0 unspecified atom stereocenters. The summed E-state index contributed by atoms with van der Waals surface area (Å²) < 4.78 is 18.0. The molecule has 1 aromatic rings. The lowest BCUT2D eigenvalue weighted by atomic mass is 10.1. The number of carbonyl (C=O) groups is 2. The van der Waals surface area contributed by atoms with Crippen molar-refractivity contribution < 1.29 is 18.7 Å². The van der Waals surface area contributed by atoms with Crippen LogP contribution in [0.5, 0.6) is 0 Å². The third kappa shape index (κ3) is 3.02. The molecule has 4 heteroatoms. The van der Waals surface area contributed by atoms with Gasteiger partial charge in [0, 0.05) is 0 Å². The lowest BCUT2D eigenvalue weighted by Crippen LogP contribution is -2.07. The van der Waals surface area contributed by atoms with Crippen LogP contribution in [0, 0.1) is 5.82 Å². The second-order valence-corrected chi connectivity index (χ2v) is 2.95. The van der Waals surface area contributed by atoms with Crippen LogP contribution in [0.2, 0.25) is 0 Å². The van der Waals surface area contributed by atoms with Crippen molar-refractivity contribution in [3.05, 3.63) is 41.2 Å². The molecule has 3 nitrogen and oxygen atoms in total. The van der Waals surface area contributed by atoms with Gasteiger partial charge in [-0.3, -0.25) is 4.79 Å². The maximum Gasteiger partial charge on any atom is 0.341 e. The predicted octanol–water partition coefficient (Wildman–Crippen LogP) is 2.21. The fraction of sp³-hybridized carbons (Fsp3) is 0.167. The van der Waals surface area contributed by atoms with Gasteiger partial charge in [0.25, 0.3) is 0 Å². The van der Waals surface area contributed by atoms with Crippen molar-refractivity contribution in [1.29, 1.82) is 0 Å². The number of benzene rings is 1. The van der Waals surface area contributed by atoms with Crippen LogP contribution in [-0.4, -0.2) is 18.9 Å². The van der Waals surface area contributed by atoms with E-state index in [9.17, 15) is 14.0 Å². The minimum atomic E-state index is -0.707. The minimum absolute atomic E-state index is 0.130. The summed E-state index contributed by atoms with van der Waals surface area (Å²) in [6, 6.07) is 3.97. The summed E-state index contributed by atoms with van der Waals surface area (Å²) in [6.45, 7) is 1.83. The highest BCUT2D eigenvalue weighted by Gasteiger charge is 2.12. The highest BCUT2D eigenvalue weighted by atomic mass is 19.1. The van der Waals surface area contributed by atoms with Crippen LogP contribution in [0.25, 0.3) is 6.08 Å². The van der Waals surface area contributed by atoms with Gasteiger partial charge in [-0.1, -0.05) is 12.1 Å². The second-order valence-electron chi connectivity index (χ2n) is 2.95. The Morgan fingerprint density at radius 1 is 1.50 bits per heavy atom. The average Bonchev–Trinajstić information content (AvgIpc) is 2.28. The number of carbonyl (C=O) groups excluding carboxylic acids is 2. The van der Waals surface area contributed by atoms with Crippen molar-refractivity contribution in [2.75, 3.05) is 6.61 Å². The van der Waals surface area contributed by atoms with E-state index in [2.05, 4.69) is 0 Å². The number of aldehydes is 1. The van der Waals surface area contributed by atoms with E-state index < -0.39 is 11.8 Å². The lowest BCUT2D eigenvalue weighted by molar-refractivity contribution is -0.104. The first-order valence-corrected chi connectivity index (χ1v) is 4.77. The molecule has 0 amide bonds. The van der Waals surface area contributed by atoms with Crippen molar-refractivity contribution in [2.45, 2.75) is 6.92 Å². The molecule has 0 heterocycles. The Kier molecular flexibility index (Phi) is 4.39. The van der Waals surface area contributed by atoms with Gasteiger partial charge in [0.1, 0.15) is 12.1 Å². The SMILES string of the molecule is CCOC(=O)c1cc(C=CC=O)ccc1F. The minimum Gasteiger partial charge on any atom is -0.462 e. The van der Waals surface area contributed by atoms with E-state index in [0.29, 0.717) is 11.8 Å². The van der Waals surface area contributed by atoms with Gasteiger partial charge in [0.05, 0.1) is 12.2 Å². The molecular weight excluding hydrogens is 211 g/mol. The maximum absolute atomic E-state index is 13.3. The van der Waals surface area contributed by atoms with Crippen LogP contribution >= 0.6 is 0 Å². The fourth-order valence-electron chi connectivity index (χ4n) is 1.16. The average molecular weight is 222 g/mol. The molecule has 16 heavy (non-hydrogen) atoms. The van der Waals surface area contributed by atoms with Crippen LogP contribution in [0.1, 0.15) is 22.8 Å². The van der Waals surface area contributed by atoms with Crippen LogP contribution in [0.4, 0.5) is 4.39 Å². The van der Waals surface area contributed by atoms with E-state index in [1.165, 1.54) is 24.3 Å². The smallest absolute Gasteiger partial charge is 0.341 e. The molecule has 1 aromatic carbocycles. The van der Waals surface area contributed by atoms with Crippen molar-refractivity contribution in [1.82, 2.24) is 0 Å². The summed E-state index contributed by atoms with van der Waals surface area (Å²) >= 11 is 0. The summed E-state index contributed by atoms with van der Waals surface area (Å²) in [4.78, 5) is 21.4. The van der Waals surface area contributed by atoms with Crippen molar-refractivity contribution >= 4 is 18.3 Å². The van der Waals surface area contributed by atoms with Gasteiger partial charge in [-0.05, 0) is 30.7 Å². The number of hydrogen-bond donors (Lipinski definition) is 0. The molecule has 1 rings (SSSR count). The van der Waals surface area contributed by atoms with Gasteiger partial charge >= 0.3 is 5.97 Å². The van der Waals surface area contributed by atoms with Crippen LogP contribution < -0.4 is 0 Å². The van der Waals surface area contributed by atoms with Crippen LogP contribution in [-0.2, 0) is 9.53 Å². The Morgan fingerprint density at radius 2 is 2.25 bits per heavy atom. The van der Waals surface area contributed by atoms with Crippen LogP contribution in [0.3, 0.4) is 0 Å². The number of ether oxygens (including phenoxy) is 1. The Hall–Kier alpha value is -1.97. The summed E-state index contributed by atoms with van der Waals surface area (Å²) in [5, 5.41) is 0. The lowest BCUT2D eigenvalue weighted by Gasteiger charge is -2.03. The van der Waals surface area contributed by atoms with Crippen LogP contribution in [0.15, 0.2) is 24.3 Å². The zero-order valence-electron chi connectivity index (χ0n) is 8.77. The molecule has 0 aromatic heterocycles. The number of halogens is 1. The maximum atomic E-state index is 13.3. The first-order chi connectivity index (χ1) is 7.69. The molecule has 84 valence electrons. The van der Waals surface area contributed by atoms with E-state index in [-0.39, 0.29) is 12.2 Å². The molecule has 0 aliphatic heterocycles. The standard InChI is InChI=1S/C12H11FO3/c1-2-16-12(15)10-8-9(4-3-7-14)5-6-11(10)13/h3-8H,2H2,1H3. The van der Waals surface area contributed by atoms with Crippen molar-refractivity contribution in [2.24, 2.45) is 0 Å². The first-order valence-electron chi connectivity index (χ1n) is 4.77. The number of hydrogen-bond acceptors (Lipinski definition) is 3. The summed E-state index contributed by atoms with van der Waals surface area (Å²) in [5.74, 6) is -1.34. The monoisotopic (exact) mass is 222 g/mol. The van der Waals surface area contributed by atoms with Gasteiger partial charge in [0.15, 0.2) is 0 Å². The van der Waals surface area contributed by atoms with Gasteiger partial charge in [-0.25, -0.2) is 9.18 Å². The van der Waals surface area contributed by atoms with E-state index in [1.807, 2.05) is 0 Å². The molecule has 0 fully saturated rings. The molecule has 0 bridgehead atoms. The topological polar surface area (TPSA) is 43.4 Å². The van der Waals surface area contributed by atoms with Gasteiger partial charge in [0.2, 0.25) is 0 Å². The largest absolute Gasteiger partial charge is 0.462 e. The Labute approximate surface area is 92.5 Å². The van der Waals surface area contributed by atoms with E-state index >= 15 is 0 Å². The van der Waals surface area contributed by atoms with Crippen molar-refractivity contribution in [3.8, 4) is 0 Å². The third-order valence-corrected chi connectivity index (χ3v) is 1.85. The summed E-state index contributed by atoms with van der Waals surface area (Å²) in [7, 11) is 0. The predicted molar refractivity (Wildman–Crippen MR) is 57.5 cm³/mol. The molecule has 0 saturated carbocycles. The number of esters is 1. The highest BCUT2D eigenvalue weighted by molar-refractivity contribution is 5.90. The van der Waals surface area contributed by atoms with Crippen molar-refractivity contribution in [3.63, 3.8) is 0 Å². The van der Waals surface area contributed by atoms with E-state index in [4.69, 9.17) is 4.74 Å². The molecule has 0 N–H and O–H groups in total. The third-order valence-electron chi connectivity index (χ3n) is 1.85. The Morgan fingerprint density at radius 3 is 2.88 bits per heavy atom. The summed E-state index contributed by atoms with van der Waals surface area (Å²) in [6.07, 6.45) is 3.35. The molecule has 0 radical (unpaired) electrons. The fourth-order valence-corrected chi connectivity index (χ4v) is 1.16. The molecule has 0 spiro atoms. The first kappa shape index (κ1) is 12.1. The quantitative estimate of drug-likeness (QED) is 0.445. The highest BCUT2D eigenvalue weighted by Crippen LogP contribution is 2.13. The van der Waals surface area contributed by atoms with Gasteiger partial charge in [-0.2, -0.15) is 0 Å². The van der Waals surface area contributed by atoms with E-state index in [0.717, 1.165) is 6.07 Å². The summed E-state index contributed by atoms with van der Waals surface area (Å²) in [5.41, 5.74) is 0.437. The molecule has 0 atom stereocenters. The zero-order valence-corrected chi connectivity index (χ0v) is 8.77. The normalized spacial score (nSPS) is 10.4. The van der Waals surface area contributed by atoms with Gasteiger partial charge < -0.3 is 4.74 Å². The molecule has 0 aliphatic rings. The number of rotatable bonds is 4. The zero-order chi connectivity index (χ0) is 12.0. The van der Waals surface area contributed by atoms with Gasteiger partial charge in [-0.15, -0.1) is 0 Å². The van der Waals surface area contributed by atoms with E-state index in [1.54, 1.807) is 6.92 Å². The Balaban J connectivity index is 3.03. The molecular formula is C12H11FO3. The molecule has 0 aliphatic carbocycles. The second kappa shape index (κ2) is 5.80.